The number of aryl methyl sites for hydroxylation is 1. The average molecular weight is 487 g/mol. The van der Waals surface area contributed by atoms with Gasteiger partial charge in [0, 0.05) is 16.9 Å². The number of hydrogen-bond donors (Lipinski definition) is 1. The first-order valence-corrected chi connectivity index (χ1v) is 12.8. The normalized spacial score (nSPS) is 18.9. The minimum Gasteiger partial charge on any atom is -0.462 e. The van der Waals surface area contributed by atoms with Crippen molar-refractivity contribution in [2.75, 3.05) is 11.9 Å². The molecule has 1 saturated carbocycles. The molecule has 178 valence electrons. The van der Waals surface area contributed by atoms with Gasteiger partial charge in [-0.25, -0.2) is 4.79 Å². The fourth-order valence-corrected chi connectivity index (χ4v) is 6.03. The molecule has 7 heteroatoms. The van der Waals surface area contributed by atoms with E-state index in [1.165, 1.54) is 23.0 Å². The van der Waals surface area contributed by atoms with E-state index in [0.29, 0.717) is 28.2 Å². The molecule has 1 aromatic carbocycles. The lowest BCUT2D eigenvalue weighted by atomic mass is 9.95. The van der Waals surface area contributed by atoms with Gasteiger partial charge in [0.1, 0.15) is 28.2 Å². The van der Waals surface area contributed by atoms with E-state index >= 15 is 0 Å². The number of anilines is 1. The summed E-state index contributed by atoms with van der Waals surface area (Å²) in [5, 5.41) is 12.9. The first-order chi connectivity index (χ1) is 17.1. The standard InChI is InChI=1S/C28H26N2O4S/c1-2-33-28(32)25-20-10-6-7-11-24(20)35-27(25)30-26(31)18(16-29)14-19-12-13-23(34-19)22-15-21(22)17-8-4-3-5-9-17/h3-5,8-9,12-14,21-22H,2,6-7,10-11,15H2,1H3,(H,30,31). The van der Waals surface area contributed by atoms with Gasteiger partial charge >= 0.3 is 5.97 Å². The van der Waals surface area contributed by atoms with Gasteiger partial charge in [-0.3, -0.25) is 4.79 Å². The molecule has 2 unspecified atom stereocenters. The van der Waals surface area contributed by atoms with E-state index in [2.05, 4.69) is 17.4 Å². The van der Waals surface area contributed by atoms with Crippen LogP contribution in [0.4, 0.5) is 5.00 Å². The smallest absolute Gasteiger partial charge is 0.341 e. The third-order valence-corrected chi connectivity index (χ3v) is 7.77. The van der Waals surface area contributed by atoms with Gasteiger partial charge in [-0.05, 0) is 68.2 Å². The first-order valence-electron chi connectivity index (χ1n) is 12.0. The van der Waals surface area contributed by atoms with E-state index in [1.54, 1.807) is 13.0 Å². The Morgan fingerprint density at radius 2 is 1.97 bits per heavy atom. The molecule has 2 aromatic heterocycles. The summed E-state index contributed by atoms with van der Waals surface area (Å²) < 4.78 is 11.2. The molecule has 35 heavy (non-hydrogen) atoms. The van der Waals surface area contributed by atoms with E-state index in [9.17, 15) is 14.9 Å². The van der Waals surface area contributed by atoms with Crippen molar-refractivity contribution >= 4 is 34.3 Å². The predicted octanol–water partition coefficient (Wildman–Crippen LogP) is 6.21. The summed E-state index contributed by atoms with van der Waals surface area (Å²) in [6, 6.07) is 16.0. The maximum absolute atomic E-state index is 13.0. The Morgan fingerprint density at radius 3 is 2.74 bits per heavy atom. The van der Waals surface area contributed by atoms with Crippen molar-refractivity contribution < 1.29 is 18.7 Å². The molecular formula is C28H26N2O4S. The number of amides is 1. The summed E-state index contributed by atoms with van der Waals surface area (Å²) >= 11 is 1.40. The van der Waals surface area contributed by atoms with Crippen LogP contribution in [-0.4, -0.2) is 18.5 Å². The van der Waals surface area contributed by atoms with Crippen molar-refractivity contribution in [2.45, 2.75) is 50.9 Å². The number of hydrogen-bond acceptors (Lipinski definition) is 6. The molecule has 1 N–H and O–H groups in total. The lowest BCUT2D eigenvalue weighted by Crippen LogP contribution is -2.16. The molecule has 0 aliphatic heterocycles. The summed E-state index contributed by atoms with van der Waals surface area (Å²) in [4.78, 5) is 26.7. The zero-order valence-electron chi connectivity index (χ0n) is 19.5. The zero-order chi connectivity index (χ0) is 24.4. The van der Waals surface area contributed by atoms with E-state index in [0.717, 1.165) is 48.3 Å². The minimum atomic E-state index is -0.567. The van der Waals surface area contributed by atoms with Crippen LogP contribution in [0.3, 0.4) is 0 Å². The molecule has 1 amide bonds. The average Bonchev–Trinajstić information content (AvgIpc) is 3.39. The Bertz CT molecular complexity index is 1330. The second kappa shape index (κ2) is 9.93. The summed E-state index contributed by atoms with van der Waals surface area (Å²) in [6.45, 7) is 2.01. The van der Waals surface area contributed by atoms with Crippen LogP contribution in [0, 0.1) is 11.3 Å². The molecule has 2 aliphatic carbocycles. The second-order valence-corrected chi connectivity index (χ2v) is 9.96. The van der Waals surface area contributed by atoms with Crippen LogP contribution in [0.1, 0.15) is 75.9 Å². The van der Waals surface area contributed by atoms with Crippen molar-refractivity contribution in [3.63, 3.8) is 0 Å². The monoisotopic (exact) mass is 486 g/mol. The third kappa shape index (κ3) is 4.80. The summed E-state index contributed by atoms with van der Waals surface area (Å²) in [5.74, 6) is 1.06. The Morgan fingerprint density at radius 1 is 1.17 bits per heavy atom. The molecule has 2 aliphatic rings. The fraction of sp³-hybridized carbons (Fsp3) is 0.321. The number of ether oxygens (including phenoxy) is 1. The Kier molecular flexibility index (Phi) is 6.56. The van der Waals surface area contributed by atoms with Crippen LogP contribution < -0.4 is 5.32 Å². The highest BCUT2D eigenvalue weighted by atomic mass is 32.1. The number of benzene rings is 1. The lowest BCUT2D eigenvalue weighted by molar-refractivity contribution is -0.112. The number of carbonyl (C=O) groups excluding carboxylic acids is 2. The molecule has 3 aromatic rings. The molecule has 2 atom stereocenters. The van der Waals surface area contributed by atoms with E-state index in [4.69, 9.17) is 9.15 Å². The fourth-order valence-electron chi connectivity index (χ4n) is 4.76. The third-order valence-electron chi connectivity index (χ3n) is 6.56. The maximum Gasteiger partial charge on any atom is 0.341 e. The minimum absolute atomic E-state index is 0.0810. The van der Waals surface area contributed by atoms with Crippen LogP contribution in [-0.2, 0) is 22.4 Å². The van der Waals surface area contributed by atoms with Gasteiger partial charge in [0.05, 0.1) is 12.2 Å². The number of fused-ring (bicyclic) bond motifs is 1. The van der Waals surface area contributed by atoms with E-state index in [-0.39, 0.29) is 12.2 Å². The van der Waals surface area contributed by atoms with Crippen LogP contribution >= 0.6 is 11.3 Å². The molecule has 0 radical (unpaired) electrons. The zero-order valence-corrected chi connectivity index (χ0v) is 20.3. The number of nitrogens with one attached hydrogen (secondary N) is 1. The number of nitrogens with zero attached hydrogens (tertiary/aromatic N) is 1. The Balaban J connectivity index is 1.33. The van der Waals surface area contributed by atoms with Crippen molar-refractivity contribution in [2.24, 2.45) is 0 Å². The second-order valence-electron chi connectivity index (χ2n) is 8.86. The van der Waals surface area contributed by atoms with Crippen molar-refractivity contribution in [3.8, 4) is 6.07 Å². The topological polar surface area (TPSA) is 92.3 Å². The SMILES string of the molecule is CCOC(=O)c1c(NC(=O)C(C#N)=Cc2ccc(C3CC3c3ccccc3)o2)sc2c1CCCC2. The van der Waals surface area contributed by atoms with Gasteiger partial charge in [-0.2, -0.15) is 5.26 Å². The molecule has 2 heterocycles. The summed E-state index contributed by atoms with van der Waals surface area (Å²) in [6.07, 6.45) is 6.20. The highest BCUT2D eigenvalue weighted by Gasteiger charge is 2.41. The van der Waals surface area contributed by atoms with Crippen molar-refractivity contribution in [3.05, 3.63) is 81.1 Å². The summed E-state index contributed by atoms with van der Waals surface area (Å²) in [7, 11) is 0. The van der Waals surface area contributed by atoms with Gasteiger partial charge in [-0.1, -0.05) is 30.3 Å². The molecule has 1 fully saturated rings. The number of carbonyl (C=O) groups is 2. The number of thiophene rings is 1. The Hall–Kier alpha value is -3.63. The number of esters is 1. The van der Waals surface area contributed by atoms with Crippen molar-refractivity contribution in [1.82, 2.24) is 0 Å². The summed E-state index contributed by atoms with van der Waals surface area (Å²) in [5.41, 5.74) is 2.60. The quantitative estimate of drug-likeness (QED) is 0.243. The first kappa shape index (κ1) is 23.1. The van der Waals surface area contributed by atoms with Crippen LogP contribution in [0.25, 0.3) is 6.08 Å². The van der Waals surface area contributed by atoms with Crippen LogP contribution in [0.15, 0.2) is 52.5 Å². The number of rotatable bonds is 7. The van der Waals surface area contributed by atoms with Gasteiger partial charge in [-0.15, -0.1) is 11.3 Å². The highest BCUT2D eigenvalue weighted by molar-refractivity contribution is 7.17. The number of furan rings is 1. The molecule has 0 saturated heterocycles. The predicted molar refractivity (Wildman–Crippen MR) is 134 cm³/mol. The molecule has 0 bridgehead atoms. The Labute approximate surface area is 208 Å². The number of nitriles is 1. The van der Waals surface area contributed by atoms with Gasteiger partial charge in [0.2, 0.25) is 0 Å². The molecule has 0 spiro atoms. The highest BCUT2D eigenvalue weighted by Crippen LogP contribution is 2.54. The van der Waals surface area contributed by atoms with Gasteiger partial charge in [0.25, 0.3) is 5.91 Å². The molecule has 5 rings (SSSR count). The maximum atomic E-state index is 13.0. The lowest BCUT2D eigenvalue weighted by Gasteiger charge is -2.12. The largest absolute Gasteiger partial charge is 0.462 e. The van der Waals surface area contributed by atoms with Crippen LogP contribution in [0.5, 0.6) is 0 Å². The van der Waals surface area contributed by atoms with E-state index < -0.39 is 11.9 Å². The van der Waals surface area contributed by atoms with E-state index in [1.807, 2.05) is 30.3 Å². The molecule has 6 nitrogen and oxygen atoms in total. The molecular weight excluding hydrogens is 460 g/mol. The van der Waals surface area contributed by atoms with Crippen LogP contribution in [0.2, 0.25) is 0 Å². The van der Waals surface area contributed by atoms with Gasteiger partial charge in [0.15, 0.2) is 0 Å². The van der Waals surface area contributed by atoms with Gasteiger partial charge < -0.3 is 14.5 Å². The van der Waals surface area contributed by atoms with Crippen molar-refractivity contribution in [1.29, 1.82) is 5.26 Å².